The number of hydrogen-bond donors (Lipinski definition) is 3. The van der Waals surface area contributed by atoms with Crippen molar-refractivity contribution in [2.75, 3.05) is 6.54 Å². The Bertz CT molecular complexity index is 578. The summed E-state index contributed by atoms with van der Waals surface area (Å²) in [5, 5.41) is 13.0. The highest BCUT2D eigenvalue weighted by Gasteiger charge is 2.10. The molecule has 2 aromatic rings. The third-order valence-electron chi connectivity index (χ3n) is 2.97. The van der Waals surface area contributed by atoms with Crippen molar-refractivity contribution in [2.45, 2.75) is 25.9 Å². The maximum atomic E-state index is 11.8. The van der Waals surface area contributed by atoms with Crippen molar-refractivity contribution in [1.82, 2.24) is 10.3 Å². The Labute approximate surface area is 120 Å². The Morgan fingerprint density at radius 1 is 1.53 bits per heavy atom. The predicted octanol–water partition coefficient (Wildman–Crippen LogP) is 2.36. The van der Waals surface area contributed by atoms with Crippen LogP contribution in [-0.2, 0) is 11.2 Å². The lowest BCUT2D eigenvalue weighted by molar-refractivity contribution is -0.120. The lowest BCUT2D eigenvalue weighted by Crippen LogP contribution is -2.27. The molecule has 1 unspecified atom stereocenters. The van der Waals surface area contributed by atoms with Crippen molar-refractivity contribution >= 4 is 32.7 Å². The summed E-state index contributed by atoms with van der Waals surface area (Å²) in [4.78, 5) is 15.0. The van der Waals surface area contributed by atoms with E-state index in [0.29, 0.717) is 19.4 Å². The summed E-state index contributed by atoms with van der Waals surface area (Å²) in [6.07, 6.45) is 2.39. The molecule has 1 heterocycles. The van der Waals surface area contributed by atoms with Crippen LogP contribution >= 0.6 is 15.9 Å². The average molecular weight is 325 g/mol. The van der Waals surface area contributed by atoms with Crippen LogP contribution in [-0.4, -0.2) is 28.6 Å². The quantitative estimate of drug-likeness (QED) is 0.790. The summed E-state index contributed by atoms with van der Waals surface area (Å²) in [7, 11) is 0. The molecule has 0 fully saturated rings. The Hall–Kier alpha value is -1.33. The number of aliphatic hydroxyl groups is 1. The van der Waals surface area contributed by atoms with Crippen molar-refractivity contribution in [3.63, 3.8) is 0 Å². The number of rotatable bonds is 5. The standard InChI is InChI=1S/C14H17BrN2O2/c1-9(18)5-6-16-13(19)7-10-8-17-12-4-2-3-11(15)14(10)12/h2-4,8-9,17-18H,5-7H2,1H3,(H,16,19). The highest BCUT2D eigenvalue weighted by molar-refractivity contribution is 9.10. The molecule has 0 spiro atoms. The highest BCUT2D eigenvalue weighted by atomic mass is 79.9. The summed E-state index contributed by atoms with van der Waals surface area (Å²) in [6.45, 7) is 2.21. The van der Waals surface area contributed by atoms with Crippen molar-refractivity contribution in [2.24, 2.45) is 0 Å². The topological polar surface area (TPSA) is 65.1 Å². The van der Waals surface area contributed by atoms with Gasteiger partial charge in [-0.25, -0.2) is 0 Å². The Morgan fingerprint density at radius 2 is 2.32 bits per heavy atom. The summed E-state index contributed by atoms with van der Waals surface area (Å²) in [5.41, 5.74) is 1.98. The first kappa shape index (κ1) is 14.1. The van der Waals surface area contributed by atoms with Crippen LogP contribution in [0.3, 0.4) is 0 Å². The van der Waals surface area contributed by atoms with E-state index >= 15 is 0 Å². The lowest BCUT2D eigenvalue weighted by Gasteiger charge is -2.06. The van der Waals surface area contributed by atoms with E-state index < -0.39 is 0 Å². The van der Waals surface area contributed by atoms with Crippen LogP contribution in [0.2, 0.25) is 0 Å². The summed E-state index contributed by atoms with van der Waals surface area (Å²) in [6, 6.07) is 5.90. The second-order valence-electron chi connectivity index (χ2n) is 4.64. The number of aromatic nitrogens is 1. The molecule has 102 valence electrons. The summed E-state index contributed by atoms with van der Waals surface area (Å²) in [5.74, 6) is -0.0303. The van der Waals surface area contributed by atoms with E-state index in [4.69, 9.17) is 5.11 Å². The Kier molecular flexibility index (Phi) is 4.61. The monoisotopic (exact) mass is 324 g/mol. The van der Waals surface area contributed by atoms with Crippen LogP contribution in [0.1, 0.15) is 18.9 Å². The molecule has 5 heteroatoms. The first-order valence-electron chi connectivity index (χ1n) is 6.27. The molecule has 19 heavy (non-hydrogen) atoms. The minimum Gasteiger partial charge on any atom is -0.393 e. The highest BCUT2D eigenvalue weighted by Crippen LogP contribution is 2.27. The largest absolute Gasteiger partial charge is 0.393 e. The normalized spacial score (nSPS) is 12.6. The van der Waals surface area contributed by atoms with Gasteiger partial charge in [-0.2, -0.15) is 0 Å². The number of halogens is 1. The van der Waals surface area contributed by atoms with Crippen LogP contribution in [0, 0.1) is 0 Å². The number of carbonyl (C=O) groups is 1. The van der Waals surface area contributed by atoms with Gasteiger partial charge in [-0.3, -0.25) is 4.79 Å². The molecular weight excluding hydrogens is 308 g/mol. The molecule has 0 aliphatic heterocycles. The maximum absolute atomic E-state index is 11.8. The molecule has 0 aliphatic carbocycles. The molecule has 1 aromatic heterocycles. The SMILES string of the molecule is CC(O)CCNC(=O)Cc1c[nH]c2cccc(Br)c12. The molecule has 1 atom stereocenters. The molecule has 0 aliphatic rings. The molecule has 0 radical (unpaired) electrons. The second kappa shape index (κ2) is 6.21. The first-order valence-corrected chi connectivity index (χ1v) is 7.06. The van der Waals surface area contributed by atoms with Crippen LogP contribution in [0.5, 0.6) is 0 Å². The van der Waals surface area contributed by atoms with E-state index in [1.165, 1.54) is 0 Å². The molecule has 0 saturated carbocycles. The van der Waals surface area contributed by atoms with E-state index in [2.05, 4.69) is 26.2 Å². The first-order chi connectivity index (χ1) is 9.08. The van der Waals surface area contributed by atoms with Crippen molar-refractivity contribution in [3.05, 3.63) is 34.4 Å². The van der Waals surface area contributed by atoms with Gasteiger partial charge in [-0.1, -0.05) is 22.0 Å². The average Bonchev–Trinajstić information content (AvgIpc) is 2.73. The molecular formula is C14H17BrN2O2. The second-order valence-corrected chi connectivity index (χ2v) is 5.50. The minimum atomic E-state index is -0.387. The number of H-pyrrole nitrogens is 1. The van der Waals surface area contributed by atoms with Gasteiger partial charge in [-0.05, 0) is 31.0 Å². The zero-order valence-electron chi connectivity index (χ0n) is 10.7. The van der Waals surface area contributed by atoms with Crippen LogP contribution in [0.15, 0.2) is 28.9 Å². The van der Waals surface area contributed by atoms with Gasteiger partial charge in [0.25, 0.3) is 0 Å². The van der Waals surface area contributed by atoms with Gasteiger partial charge < -0.3 is 15.4 Å². The molecule has 1 amide bonds. The van der Waals surface area contributed by atoms with Crippen LogP contribution < -0.4 is 5.32 Å². The van der Waals surface area contributed by atoms with Crippen LogP contribution in [0.25, 0.3) is 10.9 Å². The fourth-order valence-electron chi connectivity index (χ4n) is 2.00. The number of amides is 1. The van der Waals surface area contributed by atoms with Gasteiger partial charge >= 0.3 is 0 Å². The fraction of sp³-hybridized carbons (Fsp3) is 0.357. The van der Waals surface area contributed by atoms with Gasteiger partial charge in [0.1, 0.15) is 0 Å². The Morgan fingerprint density at radius 3 is 3.05 bits per heavy atom. The zero-order chi connectivity index (χ0) is 13.8. The molecule has 3 N–H and O–H groups in total. The van der Waals surface area contributed by atoms with Gasteiger partial charge in [0, 0.05) is 28.1 Å². The van der Waals surface area contributed by atoms with Crippen LogP contribution in [0.4, 0.5) is 0 Å². The Balaban J connectivity index is 2.03. The van der Waals surface area contributed by atoms with Crippen molar-refractivity contribution in [1.29, 1.82) is 0 Å². The van der Waals surface area contributed by atoms with Crippen molar-refractivity contribution in [3.8, 4) is 0 Å². The molecule has 1 aromatic carbocycles. The molecule has 2 rings (SSSR count). The third-order valence-corrected chi connectivity index (χ3v) is 3.63. The summed E-state index contributed by atoms with van der Waals surface area (Å²) < 4.78 is 0.984. The molecule has 0 bridgehead atoms. The third kappa shape index (κ3) is 3.58. The van der Waals surface area contributed by atoms with Crippen molar-refractivity contribution < 1.29 is 9.90 Å². The minimum absolute atomic E-state index is 0.0303. The zero-order valence-corrected chi connectivity index (χ0v) is 12.3. The van der Waals surface area contributed by atoms with Gasteiger partial charge in [-0.15, -0.1) is 0 Å². The van der Waals surface area contributed by atoms with E-state index in [0.717, 1.165) is 20.9 Å². The van der Waals surface area contributed by atoms with E-state index in [1.807, 2.05) is 24.4 Å². The molecule has 0 saturated heterocycles. The van der Waals surface area contributed by atoms with Gasteiger partial charge in [0.15, 0.2) is 0 Å². The van der Waals surface area contributed by atoms with Gasteiger partial charge in [0.05, 0.1) is 12.5 Å². The van der Waals surface area contributed by atoms with Gasteiger partial charge in [0.2, 0.25) is 5.91 Å². The number of fused-ring (bicyclic) bond motifs is 1. The maximum Gasteiger partial charge on any atom is 0.224 e. The fourth-order valence-corrected chi connectivity index (χ4v) is 2.62. The predicted molar refractivity (Wildman–Crippen MR) is 79.0 cm³/mol. The number of carbonyl (C=O) groups excluding carboxylic acids is 1. The number of aromatic amines is 1. The van der Waals surface area contributed by atoms with E-state index in [9.17, 15) is 4.79 Å². The number of hydrogen-bond acceptors (Lipinski definition) is 2. The number of aliphatic hydroxyl groups excluding tert-OH is 1. The number of benzene rings is 1. The molecule has 4 nitrogen and oxygen atoms in total. The summed E-state index contributed by atoms with van der Waals surface area (Å²) >= 11 is 3.50. The number of nitrogens with one attached hydrogen (secondary N) is 2. The van der Waals surface area contributed by atoms with E-state index in [1.54, 1.807) is 6.92 Å². The lowest BCUT2D eigenvalue weighted by atomic mass is 10.1. The van der Waals surface area contributed by atoms with E-state index in [-0.39, 0.29) is 12.0 Å². The smallest absolute Gasteiger partial charge is 0.224 e.